The van der Waals surface area contributed by atoms with E-state index in [1.165, 1.54) is 5.69 Å². The largest absolute Gasteiger partial charge is 0.375 e. The van der Waals surface area contributed by atoms with Crippen molar-refractivity contribution in [3.8, 4) is 0 Å². The van der Waals surface area contributed by atoms with Gasteiger partial charge in [-0.25, -0.2) is 0 Å². The van der Waals surface area contributed by atoms with Crippen LogP contribution in [0.5, 0.6) is 0 Å². The number of hydrogen-bond acceptors (Lipinski definition) is 4. The van der Waals surface area contributed by atoms with Gasteiger partial charge >= 0.3 is 0 Å². The monoisotopic (exact) mass is 249 g/mol. The van der Waals surface area contributed by atoms with Crippen LogP contribution in [0.2, 0.25) is 0 Å². The molecular formula is C14H23N3O. The molecule has 1 aliphatic rings. The van der Waals surface area contributed by atoms with Gasteiger partial charge in [-0.3, -0.25) is 4.98 Å². The molecule has 1 aliphatic heterocycles. The molecule has 1 aromatic heterocycles. The standard InChI is InChI=1S/C14H23N3O/c1-3-12-10-17(7-8-18-12)11-5-6-14(16-9-11)13(15)4-2/h5-6,9,12-13H,3-4,7-8,10,15H2,1-2H3. The highest BCUT2D eigenvalue weighted by molar-refractivity contribution is 5.45. The summed E-state index contributed by atoms with van der Waals surface area (Å²) < 4.78 is 5.68. The van der Waals surface area contributed by atoms with Crippen molar-refractivity contribution < 1.29 is 4.74 Å². The van der Waals surface area contributed by atoms with Crippen LogP contribution in [0.15, 0.2) is 18.3 Å². The van der Waals surface area contributed by atoms with E-state index in [0.717, 1.165) is 38.2 Å². The van der Waals surface area contributed by atoms with Crippen molar-refractivity contribution in [3.05, 3.63) is 24.0 Å². The van der Waals surface area contributed by atoms with Gasteiger partial charge in [0.2, 0.25) is 0 Å². The lowest BCUT2D eigenvalue weighted by Crippen LogP contribution is -2.42. The molecule has 0 spiro atoms. The lowest BCUT2D eigenvalue weighted by molar-refractivity contribution is 0.0384. The van der Waals surface area contributed by atoms with E-state index in [1.807, 2.05) is 12.3 Å². The van der Waals surface area contributed by atoms with Gasteiger partial charge in [0, 0.05) is 19.1 Å². The summed E-state index contributed by atoms with van der Waals surface area (Å²) in [4.78, 5) is 6.81. The molecule has 0 aliphatic carbocycles. The number of pyridine rings is 1. The van der Waals surface area contributed by atoms with Crippen LogP contribution in [-0.2, 0) is 4.74 Å². The van der Waals surface area contributed by atoms with Crippen LogP contribution in [0.25, 0.3) is 0 Å². The van der Waals surface area contributed by atoms with Crippen LogP contribution in [0, 0.1) is 0 Å². The molecule has 2 unspecified atom stereocenters. The molecule has 2 rings (SSSR count). The van der Waals surface area contributed by atoms with E-state index in [1.54, 1.807) is 0 Å². The highest BCUT2D eigenvalue weighted by Crippen LogP contribution is 2.20. The Kier molecular flexibility index (Phi) is 4.55. The van der Waals surface area contributed by atoms with Crippen molar-refractivity contribution in [1.82, 2.24) is 4.98 Å². The Hall–Kier alpha value is -1.13. The highest BCUT2D eigenvalue weighted by atomic mass is 16.5. The van der Waals surface area contributed by atoms with E-state index in [2.05, 4.69) is 29.8 Å². The molecule has 0 amide bonds. The molecule has 1 aromatic rings. The summed E-state index contributed by atoms with van der Waals surface area (Å²) in [5.41, 5.74) is 8.11. The van der Waals surface area contributed by atoms with Gasteiger partial charge in [-0.05, 0) is 25.0 Å². The summed E-state index contributed by atoms with van der Waals surface area (Å²) in [6.07, 6.45) is 4.25. The highest BCUT2D eigenvalue weighted by Gasteiger charge is 2.19. The first-order chi connectivity index (χ1) is 8.74. The van der Waals surface area contributed by atoms with E-state index < -0.39 is 0 Å². The molecule has 1 saturated heterocycles. The molecule has 0 saturated carbocycles. The first-order valence-corrected chi connectivity index (χ1v) is 6.82. The van der Waals surface area contributed by atoms with Crippen LogP contribution >= 0.6 is 0 Å². The lowest BCUT2D eigenvalue weighted by Gasteiger charge is -2.34. The normalized spacial score (nSPS) is 21.9. The molecule has 2 heterocycles. The zero-order chi connectivity index (χ0) is 13.0. The molecule has 100 valence electrons. The van der Waals surface area contributed by atoms with Crippen LogP contribution in [0.4, 0.5) is 5.69 Å². The second kappa shape index (κ2) is 6.16. The quantitative estimate of drug-likeness (QED) is 0.888. The number of rotatable bonds is 4. The van der Waals surface area contributed by atoms with Crippen LogP contribution in [0.1, 0.15) is 38.4 Å². The Morgan fingerprint density at radius 1 is 1.50 bits per heavy atom. The van der Waals surface area contributed by atoms with Crippen molar-refractivity contribution in [2.45, 2.75) is 38.8 Å². The molecule has 18 heavy (non-hydrogen) atoms. The van der Waals surface area contributed by atoms with Gasteiger partial charge in [-0.15, -0.1) is 0 Å². The third-order valence-corrected chi connectivity index (χ3v) is 3.55. The van der Waals surface area contributed by atoms with Gasteiger partial charge in [0.1, 0.15) is 0 Å². The van der Waals surface area contributed by atoms with Gasteiger partial charge in [0.15, 0.2) is 0 Å². The third-order valence-electron chi connectivity index (χ3n) is 3.55. The summed E-state index contributed by atoms with van der Waals surface area (Å²) in [5, 5.41) is 0. The minimum atomic E-state index is 0.0483. The van der Waals surface area contributed by atoms with Gasteiger partial charge < -0.3 is 15.4 Å². The average molecular weight is 249 g/mol. The number of nitrogens with zero attached hydrogens (tertiary/aromatic N) is 2. The fraction of sp³-hybridized carbons (Fsp3) is 0.643. The second-order valence-corrected chi connectivity index (χ2v) is 4.80. The molecule has 0 bridgehead atoms. The number of aromatic nitrogens is 1. The predicted molar refractivity (Wildman–Crippen MR) is 73.7 cm³/mol. The Balaban J connectivity index is 2.04. The maximum atomic E-state index is 5.97. The van der Waals surface area contributed by atoms with Gasteiger partial charge in [0.25, 0.3) is 0 Å². The zero-order valence-electron chi connectivity index (χ0n) is 11.3. The summed E-state index contributed by atoms with van der Waals surface area (Å²) in [6, 6.07) is 4.21. The molecule has 2 atom stereocenters. The summed E-state index contributed by atoms with van der Waals surface area (Å²) in [5.74, 6) is 0. The van der Waals surface area contributed by atoms with Crippen LogP contribution < -0.4 is 10.6 Å². The Bertz CT molecular complexity index is 366. The number of ether oxygens (including phenoxy) is 1. The maximum Gasteiger partial charge on any atom is 0.0748 e. The Labute approximate surface area is 109 Å². The zero-order valence-corrected chi connectivity index (χ0v) is 11.3. The first kappa shape index (κ1) is 13.3. The molecule has 1 fully saturated rings. The molecule has 0 aromatic carbocycles. The molecule has 4 nitrogen and oxygen atoms in total. The SMILES string of the molecule is CCC1CN(c2ccc(C(N)CC)nc2)CCO1. The van der Waals surface area contributed by atoms with Crippen LogP contribution in [-0.4, -0.2) is 30.8 Å². The number of hydrogen-bond donors (Lipinski definition) is 1. The van der Waals surface area contributed by atoms with E-state index in [9.17, 15) is 0 Å². The lowest BCUT2D eigenvalue weighted by atomic mass is 10.1. The maximum absolute atomic E-state index is 5.97. The first-order valence-electron chi connectivity index (χ1n) is 6.82. The topological polar surface area (TPSA) is 51.4 Å². The molecule has 0 radical (unpaired) electrons. The minimum absolute atomic E-state index is 0.0483. The number of nitrogens with two attached hydrogens (primary N) is 1. The molecular weight excluding hydrogens is 226 g/mol. The molecule has 4 heteroatoms. The van der Waals surface area contributed by atoms with E-state index >= 15 is 0 Å². The Morgan fingerprint density at radius 2 is 2.33 bits per heavy atom. The van der Waals surface area contributed by atoms with Crippen molar-refractivity contribution in [2.24, 2.45) is 5.73 Å². The summed E-state index contributed by atoms with van der Waals surface area (Å²) in [6.45, 7) is 6.94. The van der Waals surface area contributed by atoms with Crippen molar-refractivity contribution in [3.63, 3.8) is 0 Å². The minimum Gasteiger partial charge on any atom is -0.375 e. The number of morpholine rings is 1. The predicted octanol–water partition coefficient (Wildman–Crippen LogP) is 2.11. The van der Waals surface area contributed by atoms with Gasteiger partial charge in [-0.1, -0.05) is 13.8 Å². The second-order valence-electron chi connectivity index (χ2n) is 4.80. The van der Waals surface area contributed by atoms with Crippen molar-refractivity contribution in [1.29, 1.82) is 0 Å². The van der Waals surface area contributed by atoms with Crippen molar-refractivity contribution >= 4 is 5.69 Å². The fourth-order valence-electron chi connectivity index (χ4n) is 2.21. The third kappa shape index (κ3) is 3.00. The smallest absolute Gasteiger partial charge is 0.0748 e. The number of anilines is 1. The van der Waals surface area contributed by atoms with Gasteiger partial charge in [0.05, 0.1) is 30.3 Å². The van der Waals surface area contributed by atoms with Gasteiger partial charge in [-0.2, -0.15) is 0 Å². The van der Waals surface area contributed by atoms with E-state index in [-0.39, 0.29) is 6.04 Å². The van der Waals surface area contributed by atoms with Crippen LogP contribution in [0.3, 0.4) is 0 Å². The fourth-order valence-corrected chi connectivity index (χ4v) is 2.21. The van der Waals surface area contributed by atoms with E-state index in [4.69, 9.17) is 10.5 Å². The summed E-state index contributed by atoms with van der Waals surface area (Å²) >= 11 is 0. The summed E-state index contributed by atoms with van der Waals surface area (Å²) in [7, 11) is 0. The Morgan fingerprint density at radius 3 is 2.94 bits per heavy atom. The van der Waals surface area contributed by atoms with Crippen molar-refractivity contribution in [2.75, 3.05) is 24.6 Å². The van der Waals surface area contributed by atoms with E-state index in [0.29, 0.717) is 6.10 Å². The molecule has 2 N–H and O–H groups in total. The average Bonchev–Trinajstić information content (AvgIpc) is 2.46.